The molecule has 0 bridgehead atoms. The Bertz CT molecular complexity index is 378. The lowest BCUT2D eigenvalue weighted by Crippen LogP contribution is -2.45. The predicted molar refractivity (Wildman–Crippen MR) is 70.7 cm³/mol. The summed E-state index contributed by atoms with van der Waals surface area (Å²) in [5.74, 6) is 0. The molecule has 1 fully saturated rings. The molecule has 0 saturated carbocycles. The van der Waals surface area contributed by atoms with E-state index < -0.39 is 0 Å². The summed E-state index contributed by atoms with van der Waals surface area (Å²) in [5, 5.41) is 10.3. The molecule has 94 valence electrons. The van der Waals surface area contributed by atoms with Gasteiger partial charge in [0.1, 0.15) is 0 Å². The maximum Gasteiger partial charge on any atom is 0.0737 e. The van der Waals surface area contributed by atoms with Crippen LogP contribution in [-0.2, 0) is 0 Å². The number of benzene rings is 1. The van der Waals surface area contributed by atoms with Crippen LogP contribution in [0.1, 0.15) is 38.3 Å². The number of aliphatic hydroxyl groups excluding tert-OH is 1. The second-order valence-corrected chi connectivity index (χ2v) is 5.16. The van der Waals surface area contributed by atoms with Crippen LogP contribution in [-0.4, -0.2) is 28.7 Å². The minimum absolute atomic E-state index is 0.0900. The third kappa shape index (κ3) is 2.61. The molecule has 1 aromatic carbocycles. The number of nitrogen functional groups attached to an aromatic ring is 1. The number of nitrogens with two attached hydrogens (primary N) is 1. The van der Waals surface area contributed by atoms with Crippen LogP contribution in [0, 0.1) is 0 Å². The Kier molecular flexibility index (Phi) is 3.69. The van der Waals surface area contributed by atoms with Crippen molar-refractivity contribution in [2.75, 3.05) is 12.3 Å². The summed E-state index contributed by atoms with van der Waals surface area (Å²) in [6.45, 7) is 5.41. The largest absolute Gasteiger partial charge is 0.399 e. The first-order chi connectivity index (χ1) is 8.09. The van der Waals surface area contributed by atoms with E-state index in [1.807, 2.05) is 18.2 Å². The third-order valence-electron chi connectivity index (χ3n) is 3.55. The fourth-order valence-corrected chi connectivity index (χ4v) is 2.74. The van der Waals surface area contributed by atoms with Gasteiger partial charge in [0.25, 0.3) is 0 Å². The summed E-state index contributed by atoms with van der Waals surface area (Å²) >= 11 is 0. The lowest BCUT2D eigenvalue weighted by Gasteiger charge is -2.42. The number of rotatable bonds is 2. The van der Waals surface area contributed by atoms with Crippen molar-refractivity contribution >= 4 is 5.69 Å². The fraction of sp³-hybridized carbons (Fsp3) is 0.571. The second-order valence-electron chi connectivity index (χ2n) is 5.16. The molecule has 0 radical (unpaired) electrons. The van der Waals surface area contributed by atoms with Crippen LogP contribution in [0.4, 0.5) is 5.69 Å². The predicted octanol–water partition coefficient (Wildman–Crippen LogP) is 2.17. The van der Waals surface area contributed by atoms with Crippen LogP contribution in [0.5, 0.6) is 0 Å². The van der Waals surface area contributed by atoms with Gasteiger partial charge in [-0.1, -0.05) is 12.1 Å². The first kappa shape index (κ1) is 12.4. The van der Waals surface area contributed by atoms with Crippen LogP contribution in [0.3, 0.4) is 0 Å². The van der Waals surface area contributed by atoms with Crippen LogP contribution >= 0.6 is 0 Å². The van der Waals surface area contributed by atoms with Gasteiger partial charge in [0.15, 0.2) is 0 Å². The molecule has 3 N–H and O–H groups in total. The smallest absolute Gasteiger partial charge is 0.0737 e. The van der Waals surface area contributed by atoms with E-state index in [-0.39, 0.29) is 12.1 Å². The van der Waals surface area contributed by atoms with Crippen LogP contribution < -0.4 is 5.73 Å². The minimum Gasteiger partial charge on any atom is -0.399 e. The molecule has 1 heterocycles. The summed E-state index contributed by atoms with van der Waals surface area (Å²) in [6.07, 6.45) is 1.66. The average molecular weight is 234 g/mol. The number of aliphatic hydroxyl groups is 1. The first-order valence-corrected chi connectivity index (χ1v) is 6.39. The average Bonchev–Trinajstić information content (AvgIpc) is 2.28. The Hall–Kier alpha value is -1.06. The summed E-state index contributed by atoms with van der Waals surface area (Å²) in [4.78, 5) is 2.36. The van der Waals surface area contributed by atoms with Gasteiger partial charge >= 0.3 is 0 Å². The zero-order valence-corrected chi connectivity index (χ0v) is 10.6. The van der Waals surface area contributed by atoms with Crippen molar-refractivity contribution < 1.29 is 5.11 Å². The highest BCUT2D eigenvalue weighted by Crippen LogP contribution is 2.33. The Morgan fingerprint density at radius 1 is 1.41 bits per heavy atom. The fourth-order valence-electron chi connectivity index (χ4n) is 2.74. The lowest BCUT2D eigenvalue weighted by atomic mass is 9.91. The third-order valence-corrected chi connectivity index (χ3v) is 3.55. The normalized spacial score (nSPS) is 26.4. The monoisotopic (exact) mass is 234 g/mol. The van der Waals surface area contributed by atoms with E-state index in [0.717, 1.165) is 30.6 Å². The number of anilines is 1. The van der Waals surface area contributed by atoms with Gasteiger partial charge in [0.05, 0.1) is 12.1 Å². The molecule has 1 saturated heterocycles. The summed E-state index contributed by atoms with van der Waals surface area (Å²) in [6, 6.07) is 8.42. The van der Waals surface area contributed by atoms with Gasteiger partial charge in [-0.3, -0.25) is 4.90 Å². The van der Waals surface area contributed by atoms with Crippen LogP contribution in [0.25, 0.3) is 0 Å². The van der Waals surface area contributed by atoms with E-state index in [2.05, 4.69) is 24.8 Å². The van der Waals surface area contributed by atoms with Crippen molar-refractivity contribution in [2.45, 2.75) is 44.9 Å². The molecule has 17 heavy (non-hydrogen) atoms. The minimum atomic E-state index is -0.284. The van der Waals surface area contributed by atoms with Crippen molar-refractivity contribution in [2.24, 2.45) is 0 Å². The van der Waals surface area contributed by atoms with E-state index in [1.165, 1.54) is 0 Å². The number of hydrogen-bond donors (Lipinski definition) is 2. The highest BCUT2D eigenvalue weighted by atomic mass is 16.3. The van der Waals surface area contributed by atoms with Crippen molar-refractivity contribution in [3.63, 3.8) is 0 Å². The Labute approximate surface area is 103 Å². The van der Waals surface area contributed by atoms with Gasteiger partial charge in [0.2, 0.25) is 0 Å². The molecule has 2 rings (SSSR count). The molecule has 2 unspecified atom stereocenters. The molecular weight excluding hydrogens is 212 g/mol. The summed E-state index contributed by atoms with van der Waals surface area (Å²) in [5.41, 5.74) is 7.73. The van der Waals surface area contributed by atoms with E-state index in [9.17, 15) is 5.11 Å². The highest BCUT2D eigenvalue weighted by Gasteiger charge is 2.32. The molecule has 0 spiro atoms. The molecule has 0 amide bonds. The Morgan fingerprint density at radius 2 is 2.18 bits per heavy atom. The molecule has 1 aliphatic heterocycles. The van der Waals surface area contributed by atoms with E-state index in [1.54, 1.807) is 0 Å². The second kappa shape index (κ2) is 5.07. The molecule has 2 atom stereocenters. The van der Waals surface area contributed by atoms with Crippen LogP contribution in [0.2, 0.25) is 0 Å². The summed E-state index contributed by atoms with van der Waals surface area (Å²) < 4.78 is 0. The Balaban J connectivity index is 2.31. The standard InChI is InChI=1S/C14H22N2O/c1-10(2)16-8-4-7-13(17)14(16)11-5-3-6-12(15)9-11/h3,5-6,9-10,13-14,17H,4,7-8,15H2,1-2H3. The molecule has 3 heteroatoms. The van der Waals surface area contributed by atoms with Gasteiger partial charge in [-0.05, 0) is 50.9 Å². The van der Waals surface area contributed by atoms with Gasteiger partial charge in [-0.15, -0.1) is 0 Å². The van der Waals surface area contributed by atoms with E-state index in [4.69, 9.17) is 5.73 Å². The van der Waals surface area contributed by atoms with Crippen molar-refractivity contribution in [1.29, 1.82) is 0 Å². The highest BCUT2D eigenvalue weighted by molar-refractivity contribution is 5.42. The topological polar surface area (TPSA) is 49.5 Å². The molecule has 0 aliphatic carbocycles. The lowest BCUT2D eigenvalue weighted by molar-refractivity contribution is -0.00640. The van der Waals surface area contributed by atoms with Crippen molar-refractivity contribution in [3.05, 3.63) is 29.8 Å². The SMILES string of the molecule is CC(C)N1CCCC(O)C1c1cccc(N)c1. The first-order valence-electron chi connectivity index (χ1n) is 6.39. The molecule has 1 aromatic rings. The van der Waals surface area contributed by atoms with Crippen LogP contribution in [0.15, 0.2) is 24.3 Å². The number of likely N-dealkylation sites (tertiary alicyclic amines) is 1. The zero-order chi connectivity index (χ0) is 12.4. The quantitative estimate of drug-likeness (QED) is 0.771. The van der Waals surface area contributed by atoms with Gasteiger partial charge < -0.3 is 10.8 Å². The van der Waals surface area contributed by atoms with Crippen molar-refractivity contribution in [3.8, 4) is 0 Å². The maximum atomic E-state index is 10.3. The van der Waals surface area contributed by atoms with E-state index >= 15 is 0 Å². The number of hydrogen-bond acceptors (Lipinski definition) is 3. The maximum absolute atomic E-state index is 10.3. The number of nitrogens with zero attached hydrogens (tertiary/aromatic N) is 1. The van der Waals surface area contributed by atoms with Crippen molar-refractivity contribution in [1.82, 2.24) is 4.90 Å². The number of piperidine rings is 1. The van der Waals surface area contributed by atoms with Gasteiger partial charge in [-0.25, -0.2) is 0 Å². The van der Waals surface area contributed by atoms with Gasteiger partial charge in [0, 0.05) is 11.7 Å². The zero-order valence-electron chi connectivity index (χ0n) is 10.6. The van der Waals surface area contributed by atoms with Gasteiger partial charge in [-0.2, -0.15) is 0 Å². The molecular formula is C14H22N2O. The summed E-state index contributed by atoms with van der Waals surface area (Å²) in [7, 11) is 0. The molecule has 3 nitrogen and oxygen atoms in total. The molecule has 0 aromatic heterocycles. The van der Waals surface area contributed by atoms with E-state index in [0.29, 0.717) is 6.04 Å². The molecule has 1 aliphatic rings. The Morgan fingerprint density at radius 3 is 2.82 bits per heavy atom.